The molecule has 0 saturated heterocycles. The molecule has 3 heterocycles. The Morgan fingerprint density at radius 2 is 1.14 bits per heavy atom. The van der Waals surface area contributed by atoms with Gasteiger partial charge in [0.25, 0.3) is 12.9 Å². The zero-order valence-electron chi connectivity index (χ0n) is 69.3. The second-order valence-electron chi connectivity index (χ2n) is 21.1. The molecule has 0 fully saturated rings. The number of Topliss-reactive ketones (excluding diaryl/α,β-unsaturated/α-hetero) is 1. The third kappa shape index (κ3) is 103. The van der Waals surface area contributed by atoms with Crippen LogP contribution in [0.2, 0.25) is 0 Å². The molecule has 4 unspecified atom stereocenters. The zero-order valence-corrected chi connectivity index (χ0v) is 87.9. The molecule has 0 bridgehead atoms. The van der Waals surface area contributed by atoms with E-state index in [0.717, 1.165) is 100 Å². The Bertz CT molecular complexity index is 2820. The monoisotopic (exact) mass is 1800 g/mol. The molecule has 2 aromatic heterocycles. The molecule has 0 aliphatic carbocycles. The predicted octanol–water partition coefficient (Wildman–Crippen LogP) is -7.50. The summed E-state index contributed by atoms with van der Waals surface area (Å²) in [5, 5.41) is 56.6. The minimum atomic E-state index is -1.67. The molecule has 3 radical (unpaired) electrons. The second kappa shape index (κ2) is 98.0. The number of fused-ring (bicyclic) bond motifs is 2. The number of thiazole rings is 2. The number of ether oxygens (including phenoxy) is 2. The van der Waals surface area contributed by atoms with Gasteiger partial charge in [0.05, 0.1) is 47.3 Å². The fourth-order valence-corrected chi connectivity index (χ4v) is 8.65. The number of nitrogens with zero attached hydrogens (tertiary/aromatic N) is 9. The van der Waals surface area contributed by atoms with Crippen LogP contribution in [0.15, 0.2) is 54.0 Å². The van der Waals surface area contributed by atoms with Crippen molar-refractivity contribution in [3.05, 3.63) is 59.1 Å². The largest absolute Gasteiger partial charge is 1.00 e. The van der Waals surface area contributed by atoms with E-state index < -0.39 is 40.4 Å². The van der Waals surface area contributed by atoms with Crippen LogP contribution in [0.5, 0.6) is 11.5 Å². The number of halogens is 6. The zero-order chi connectivity index (χ0) is 77.5. The maximum Gasteiger partial charge on any atom is 1.00 e. The number of carboxylic acid groups (broad SMARTS) is 2. The van der Waals surface area contributed by atoms with Crippen LogP contribution >= 0.6 is 105 Å². The number of benzene rings is 2. The Hall–Kier alpha value is 3.38. The number of allylic oxidation sites excluding steroid dienone is 1. The Kier molecular flexibility index (Phi) is 131. The number of thioether (sulfide) groups is 1. The Morgan fingerprint density at radius 3 is 1.38 bits per heavy atom. The smallest absolute Gasteiger partial charge is 1.00 e. The summed E-state index contributed by atoms with van der Waals surface area (Å²) in [5.41, 5.74) is 6.68. The number of alkyl halides is 2. The number of ketones is 2. The van der Waals surface area contributed by atoms with E-state index in [4.69, 9.17) is 73.1 Å². The van der Waals surface area contributed by atoms with Crippen molar-refractivity contribution in [2.75, 3.05) is 136 Å². The Morgan fingerprint density at radius 1 is 0.800 bits per heavy atom. The van der Waals surface area contributed by atoms with Gasteiger partial charge in [-0.05, 0) is 207 Å². The molecule has 1 aliphatic rings. The molecule has 1 aliphatic heterocycles. The summed E-state index contributed by atoms with van der Waals surface area (Å²) in [4.78, 5) is 86.8. The molecular weight excluding hydrogens is 1690 g/mol. The number of thiol groups is 1. The quantitative estimate of drug-likeness (QED) is 0.00497. The standard InChI is InChI=1S/C17H21N3O3S2.C14H17N3OS.C6H14ClN.C6H15NO.C6H13NO.C4H6O.C3H7NO2S.C2H7N.CH3F.2CH2O3.B.Cl2OS.2ClH.4K.Na.3H/c1-10(6-7-20(2)3)23-11-4-5-12-14(8-11)25-16(18-12)15-19-13(9-24-15)17(21)22;1-10(6-7-17(2)3)18-11-4-5-12-13(8-11)19-14(9-15)16-12;1-6(7)4-5-8(2)3;2*1-6(8)4-5-7(2)3;1-3-4(2)5;4-2(1-7)3(5)6;1-3-2;1-2;2*2-1-4-3;;1-4(2)3;;;;;;;;;;/h4-5,8,10,13H,6-7,9H2,1-3H3,(H,21,22);4-5,8,10H,6-7H2,1-3H3;6H,4-5H2,1-3H3;6,8H,4-5H2,1-3H3;4-5H2,1-3H3;3H,1H2,2H3;2,7H,1,4H2,(H,5,6);3H,1-2H3;1H3;2*1,3H;;;2*1H;;;;;;;;/q;;;;;;;;;;;;;;;5*+1;3*-1/p-2/t10?,13-;;;;;;2-;;;;;;;;;;;;;;;;/m1.....1................/s1/i;;;;;;;;1D;;;;;;;;;;;;;;. The molecule has 6 N–H and O–H groups in total. The number of rotatable bonds is 26. The number of nitrogens with two attached hydrogens (primary N) is 1. The molecule has 0 saturated carbocycles. The molecule has 6 atom stereocenters. The first-order valence-electron chi connectivity index (χ1n) is 29.8. The molecule has 0 spiro atoms. The first-order chi connectivity index (χ1) is 45.7. The van der Waals surface area contributed by atoms with Gasteiger partial charge in [-0.1, -0.05) is 6.58 Å². The van der Waals surface area contributed by atoms with Crippen LogP contribution in [0.4, 0.5) is 4.39 Å². The normalized spacial score (nSPS) is 12.0. The van der Waals surface area contributed by atoms with Crippen molar-refractivity contribution in [1.82, 2.24) is 39.8 Å². The van der Waals surface area contributed by atoms with Crippen LogP contribution in [0.25, 0.3) is 20.4 Å². The number of hydrogen-bond acceptors (Lipinski definition) is 29. The topological polar surface area (TPSA) is 379 Å². The van der Waals surface area contributed by atoms with Crippen LogP contribution in [-0.4, -0.2) is 276 Å². The summed E-state index contributed by atoms with van der Waals surface area (Å²) in [6, 6.07) is 12.2. The average Bonchev–Trinajstić information content (AvgIpc) is 1.67. The van der Waals surface area contributed by atoms with Crippen LogP contribution in [-0.2, 0) is 47.8 Å². The second-order valence-corrected chi connectivity index (χ2v) is 27.8. The van der Waals surface area contributed by atoms with E-state index in [9.17, 15) is 23.6 Å². The van der Waals surface area contributed by atoms with Gasteiger partial charge in [0.2, 0.25) is 9.23 Å². The molecule has 5 rings (SSSR count). The summed E-state index contributed by atoms with van der Waals surface area (Å²) < 4.78 is 38.5. The van der Waals surface area contributed by atoms with E-state index in [1.54, 1.807) is 6.92 Å². The van der Waals surface area contributed by atoms with Crippen molar-refractivity contribution < 1.29 is 323 Å². The van der Waals surface area contributed by atoms with E-state index in [1.807, 2.05) is 97.4 Å². The summed E-state index contributed by atoms with van der Waals surface area (Å²) >= 11 is 13.7. The van der Waals surface area contributed by atoms with Gasteiger partial charge in [-0.25, -0.2) is 19.0 Å². The molecule has 4 aromatic rings. The van der Waals surface area contributed by atoms with Gasteiger partial charge in [-0.15, -0.1) is 70.9 Å². The van der Waals surface area contributed by atoms with Crippen molar-refractivity contribution >= 4 is 184 Å². The summed E-state index contributed by atoms with van der Waals surface area (Å²) in [5.74, 6) is 0.725. The van der Waals surface area contributed by atoms with E-state index in [1.165, 1.54) is 47.4 Å². The number of carboxylic acids is 2. The van der Waals surface area contributed by atoms with Gasteiger partial charge in [0, 0.05) is 72.7 Å². The summed E-state index contributed by atoms with van der Waals surface area (Å²) in [6.07, 6.45) is 5.99. The first-order valence-corrected chi connectivity index (χ1v) is 35.6. The third-order valence-electron chi connectivity index (χ3n) is 10.3. The fourth-order valence-electron chi connectivity index (χ4n) is 5.52. The number of carbonyl (C=O) groups is 6. The summed E-state index contributed by atoms with van der Waals surface area (Å²) in [7, 11) is 30.4. The van der Waals surface area contributed by atoms with E-state index in [2.05, 4.69) is 152 Å². The molecular formula is C61H110BCl5FK4N11NaO16S5. The van der Waals surface area contributed by atoms with Crippen LogP contribution in [0.3, 0.4) is 0 Å². The number of nitriles is 1. The Balaban J connectivity index is -0.0000000553. The number of carbonyl (C=O) groups excluding carboxylic acids is 4. The van der Waals surface area contributed by atoms with Crippen molar-refractivity contribution in [3.63, 3.8) is 0 Å². The number of aliphatic carboxylic acids is 2. The van der Waals surface area contributed by atoms with Crippen LogP contribution in [0, 0.1) is 11.3 Å². The molecule has 2 aromatic carbocycles. The third-order valence-corrected chi connectivity index (χ3v) is 14.1. The van der Waals surface area contributed by atoms with E-state index in [0.29, 0.717) is 22.6 Å². The van der Waals surface area contributed by atoms with Crippen LogP contribution in [0.1, 0.15) is 89.3 Å². The number of aromatic nitrogens is 2. The number of aliphatic hydroxyl groups is 1. The van der Waals surface area contributed by atoms with Gasteiger partial charge in [-0.2, -0.15) is 17.9 Å². The van der Waals surface area contributed by atoms with Crippen molar-refractivity contribution in [1.29, 1.82) is 5.26 Å². The average molecular weight is 1800 g/mol. The van der Waals surface area contributed by atoms with Crippen molar-refractivity contribution in [3.8, 4) is 17.6 Å². The maximum absolute atomic E-state index is 11.0. The minimum absolute atomic E-state index is 0. The van der Waals surface area contributed by atoms with E-state index >= 15 is 0 Å². The Labute approximate surface area is 870 Å². The van der Waals surface area contributed by atoms with Gasteiger partial charge >= 0.3 is 247 Å². The van der Waals surface area contributed by atoms with Gasteiger partial charge in [0.15, 0.2) is 16.8 Å². The van der Waals surface area contributed by atoms with Crippen molar-refractivity contribution in [2.24, 2.45) is 10.7 Å². The van der Waals surface area contributed by atoms with Crippen molar-refractivity contribution in [2.45, 2.75) is 109 Å². The van der Waals surface area contributed by atoms with E-state index in [-0.39, 0.29) is 321 Å². The predicted molar refractivity (Wildman–Crippen MR) is 418 cm³/mol. The summed E-state index contributed by atoms with van der Waals surface area (Å²) in [6.45, 7) is 18.8. The molecule has 44 heteroatoms. The van der Waals surface area contributed by atoms with Gasteiger partial charge in [-0.3, -0.25) is 33.4 Å². The number of nitrogens with one attached hydrogen (secondary N) is 1. The number of aliphatic imine (C=N–C) groups is 1. The first kappa shape index (κ1) is 140. The molecule has 585 valence electrons. The maximum atomic E-state index is 11.0. The molecule has 27 nitrogen and oxygen atoms in total. The minimum Gasteiger partial charge on any atom is -1.00 e. The van der Waals surface area contributed by atoms with Crippen LogP contribution < -0.4 is 266 Å². The molecule has 0 amide bonds. The van der Waals surface area contributed by atoms with Gasteiger partial charge < -0.3 is 84.9 Å². The molecule has 105 heavy (non-hydrogen) atoms. The van der Waals surface area contributed by atoms with Gasteiger partial charge in [0.1, 0.15) is 39.4 Å². The fraction of sp³-hybridized carbons (Fsp3) is 0.607. The SMILES string of the molecule is C=CC(C)=O.CC(=O)CCN(C)C.CC(CCN(C)C)Oc1ccc2nc(C#N)sc2c1.CC(CCN(C)C)Oc1ccc2nc(C3=N[C@@H](C(=O)O)CS3)sc2c1.CC(Cl)CCN(C)C.CC(O)CCN(C)C.CNC.Cl.Cl.N[C@H](CS)C(=O)O.O=CO[O-].O=CO[O-].O=S(Cl)Cl.[2H]CF.[B].[H-].[H-].[H-].[K+].[K+].[K+].[K+].[Na+]. The number of hydrogen-bond donors (Lipinski definition) is 6. The number of aliphatic hydroxyl groups excluding tert-OH is 1.